The molecule has 0 saturated carbocycles. The molecule has 0 saturated heterocycles. The van der Waals surface area contributed by atoms with Crippen molar-refractivity contribution in [1.29, 1.82) is 0 Å². The number of aromatic hydroxyl groups is 1. The highest BCUT2D eigenvalue weighted by Crippen LogP contribution is 2.26. The van der Waals surface area contributed by atoms with Gasteiger partial charge in [0.15, 0.2) is 11.6 Å². The Morgan fingerprint density at radius 2 is 1.61 bits per heavy atom. The molecule has 2 aromatic carbocycles. The van der Waals surface area contributed by atoms with Crippen LogP contribution in [0.15, 0.2) is 48.8 Å². The second-order valence-corrected chi connectivity index (χ2v) is 6.98. The summed E-state index contributed by atoms with van der Waals surface area (Å²) in [5.74, 6) is 0.979. The summed E-state index contributed by atoms with van der Waals surface area (Å²) >= 11 is 0. The monoisotopic (exact) mass is 378 g/mol. The lowest BCUT2D eigenvalue weighted by molar-refractivity contribution is -0.134. The molecular weight excluding hydrogens is 352 g/mol. The van der Waals surface area contributed by atoms with Crippen molar-refractivity contribution in [2.45, 2.75) is 51.9 Å². The Morgan fingerprint density at radius 1 is 0.929 bits per heavy atom. The molecule has 0 aliphatic carbocycles. The van der Waals surface area contributed by atoms with Crippen molar-refractivity contribution in [2.24, 2.45) is 0 Å². The summed E-state index contributed by atoms with van der Waals surface area (Å²) in [6.07, 6.45) is 10.1. The van der Waals surface area contributed by atoms with Crippen molar-refractivity contribution >= 4 is 16.7 Å². The van der Waals surface area contributed by atoms with Crippen LogP contribution in [-0.2, 0) is 4.79 Å². The normalized spacial score (nSPS) is 10.9. The number of aromatic nitrogens is 2. The van der Waals surface area contributed by atoms with E-state index in [2.05, 4.69) is 16.9 Å². The number of hydrogen-bond donors (Lipinski definition) is 1. The maximum Gasteiger partial charge on any atom is 0.311 e. The van der Waals surface area contributed by atoms with Gasteiger partial charge < -0.3 is 9.84 Å². The molecule has 1 aromatic heterocycles. The summed E-state index contributed by atoms with van der Waals surface area (Å²) in [6, 6.07) is 11.4. The summed E-state index contributed by atoms with van der Waals surface area (Å²) in [6.45, 7) is 2.20. The van der Waals surface area contributed by atoms with Crippen molar-refractivity contribution in [3.63, 3.8) is 0 Å². The molecule has 0 spiro atoms. The zero-order valence-corrected chi connectivity index (χ0v) is 16.2. The molecule has 1 heterocycles. The fraction of sp³-hybridized carbons (Fsp3) is 0.348. The van der Waals surface area contributed by atoms with E-state index in [9.17, 15) is 9.90 Å². The van der Waals surface area contributed by atoms with Gasteiger partial charge in [0, 0.05) is 12.0 Å². The predicted molar refractivity (Wildman–Crippen MR) is 110 cm³/mol. The van der Waals surface area contributed by atoms with Crippen LogP contribution in [0.2, 0.25) is 0 Å². The van der Waals surface area contributed by atoms with Gasteiger partial charge in [-0.3, -0.25) is 4.79 Å². The highest BCUT2D eigenvalue weighted by Gasteiger charge is 2.07. The Bertz CT molecular complexity index is 923. The summed E-state index contributed by atoms with van der Waals surface area (Å²) in [5, 5.41) is 11.3. The molecule has 0 fully saturated rings. The van der Waals surface area contributed by atoms with E-state index in [0.717, 1.165) is 29.2 Å². The maximum atomic E-state index is 12.0. The van der Waals surface area contributed by atoms with Gasteiger partial charge in [-0.1, -0.05) is 57.2 Å². The van der Waals surface area contributed by atoms with E-state index in [0.29, 0.717) is 18.0 Å². The Hall–Kier alpha value is -2.95. The standard InChI is InChI=1S/C23H26N2O3/c1-2-3-4-5-6-7-8-22(27)28-21-12-11-17-13-19(10-9-18(17)14-21)23-24-15-20(26)16-25-23/h9-16,26H,2-8H2,1H3. The Kier molecular flexibility index (Phi) is 6.95. The molecule has 0 bridgehead atoms. The van der Waals surface area contributed by atoms with Gasteiger partial charge >= 0.3 is 5.97 Å². The fourth-order valence-electron chi connectivity index (χ4n) is 3.13. The number of benzene rings is 2. The van der Waals surface area contributed by atoms with Crippen molar-refractivity contribution < 1.29 is 14.6 Å². The zero-order valence-electron chi connectivity index (χ0n) is 16.2. The average Bonchev–Trinajstić information content (AvgIpc) is 2.71. The van der Waals surface area contributed by atoms with Crippen molar-refractivity contribution in [3.05, 3.63) is 48.8 Å². The first kappa shape index (κ1) is 19.8. The second kappa shape index (κ2) is 9.83. The van der Waals surface area contributed by atoms with E-state index < -0.39 is 0 Å². The molecule has 146 valence electrons. The number of esters is 1. The Morgan fingerprint density at radius 3 is 2.39 bits per heavy atom. The van der Waals surface area contributed by atoms with E-state index in [1.54, 1.807) is 0 Å². The molecule has 5 heteroatoms. The van der Waals surface area contributed by atoms with Crippen LogP contribution in [0.4, 0.5) is 0 Å². The molecule has 5 nitrogen and oxygen atoms in total. The van der Waals surface area contributed by atoms with Gasteiger partial charge in [0.25, 0.3) is 0 Å². The number of carbonyl (C=O) groups excluding carboxylic acids is 1. The highest BCUT2D eigenvalue weighted by molar-refractivity contribution is 5.88. The molecule has 3 rings (SSSR count). The van der Waals surface area contributed by atoms with Gasteiger partial charge in [-0.15, -0.1) is 0 Å². The van der Waals surface area contributed by atoms with Crippen LogP contribution >= 0.6 is 0 Å². The predicted octanol–water partition coefficient (Wildman–Crippen LogP) is 5.66. The third-order valence-corrected chi connectivity index (χ3v) is 4.67. The minimum atomic E-state index is -0.177. The first-order valence-corrected chi connectivity index (χ1v) is 9.91. The molecule has 0 aliphatic heterocycles. The van der Waals surface area contributed by atoms with Crippen LogP contribution in [0, 0.1) is 0 Å². The minimum absolute atomic E-state index is 0.0388. The quantitative estimate of drug-likeness (QED) is 0.295. The topological polar surface area (TPSA) is 72.3 Å². The van der Waals surface area contributed by atoms with Crippen molar-refractivity contribution in [2.75, 3.05) is 0 Å². The number of ether oxygens (including phenoxy) is 1. The second-order valence-electron chi connectivity index (χ2n) is 6.98. The smallest absolute Gasteiger partial charge is 0.311 e. The number of nitrogens with zero attached hydrogens (tertiary/aromatic N) is 2. The van der Waals surface area contributed by atoms with E-state index in [-0.39, 0.29) is 11.7 Å². The number of rotatable bonds is 9. The van der Waals surface area contributed by atoms with Crippen LogP contribution in [0.5, 0.6) is 11.5 Å². The van der Waals surface area contributed by atoms with Crippen LogP contribution in [0.25, 0.3) is 22.2 Å². The van der Waals surface area contributed by atoms with E-state index >= 15 is 0 Å². The Balaban J connectivity index is 1.59. The molecular formula is C23H26N2O3. The van der Waals surface area contributed by atoms with Crippen LogP contribution in [-0.4, -0.2) is 21.0 Å². The fourth-order valence-corrected chi connectivity index (χ4v) is 3.13. The molecule has 3 aromatic rings. The lowest BCUT2D eigenvalue weighted by Crippen LogP contribution is -2.07. The third kappa shape index (κ3) is 5.52. The summed E-state index contributed by atoms with van der Waals surface area (Å²) in [5.41, 5.74) is 0.861. The third-order valence-electron chi connectivity index (χ3n) is 4.67. The lowest BCUT2D eigenvalue weighted by atomic mass is 10.1. The van der Waals surface area contributed by atoms with Gasteiger partial charge in [0.1, 0.15) is 5.75 Å². The first-order chi connectivity index (χ1) is 13.7. The number of carbonyl (C=O) groups is 1. The van der Waals surface area contributed by atoms with Gasteiger partial charge in [-0.2, -0.15) is 0 Å². The summed E-state index contributed by atoms with van der Waals surface area (Å²) < 4.78 is 5.49. The van der Waals surface area contributed by atoms with Crippen LogP contribution < -0.4 is 4.74 Å². The lowest BCUT2D eigenvalue weighted by Gasteiger charge is -2.07. The van der Waals surface area contributed by atoms with Gasteiger partial charge in [0.2, 0.25) is 0 Å². The summed E-state index contributed by atoms with van der Waals surface area (Å²) in [4.78, 5) is 20.3. The minimum Gasteiger partial charge on any atom is -0.505 e. The maximum absolute atomic E-state index is 12.0. The van der Waals surface area contributed by atoms with Gasteiger partial charge in [0.05, 0.1) is 12.4 Å². The number of hydrogen-bond acceptors (Lipinski definition) is 5. The van der Waals surface area contributed by atoms with Gasteiger partial charge in [-0.25, -0.2) is 9.97 Å². The van der Waals surface area contributed by atoms with E-state index in [4.69, 9.17) is 4.74 Å². The molecule has 0 amide bonds. The molecule has 0 radical (unpaired) electrons. The average molecular weight is 378 g/mol. The molecule has 0 atom stereocenters. The SMILES string of the molecule is CCCCCCCCC(=O)Oc1ccc2cc(-c3ncc(O)cn3)ccc2c1. The van der Waals surface area contributed by atoms with E-state index in [1.807, 2.05) is 36.4 Å². The molecule has 1 N–H and O–H groups in total. The zero-order chi connectivity index (χ0) is 19.8. The van der Waals surface area contributed by atoms with Gasteiger partial charge in [-0.05, 0) is 35.4 Å². The Labute approximate surface area is 165 Å². The molecule has 0 aliphatic rings. The number of unbranched alkanes of at least 4 members (excludes halogenated alkanes) is 5. The van der Waals surface area contributed by atoms with Crippen molar-refractivity contribution in [1.82, 2.24) is 9.97 Å². The highest BCUT2D eigenvalue weighted by atomic mass is 16.5. The first-order valence-electron chi connectivity index (χ1n) is 9.91. The van der Waals surface area contributed by atoms with Crippen LogP contribution in [0.3, 0.4) is 0 Å². The molecule has 28 heavy (non-hydrogen) atoms. The summed E-state index contributed by atoms with van der Waals surface area (Å²) in [7, 11) is 0. The van der Waals surface area contributed by atoms with E-state index in [1.165, 1.54) is 38.1 Å². The largest absolute Gasteiger partial charge is 0.505 e. The van der Waals surface area contributed by atoms with Crippen molar-refractivity contribution in [3.8, 4) is 22.9 Å². The molecule has 0 unspecified atom stereocenters. The number of fused-ring (bicyclic) bond motifs is 1. The van der Waals surface area contributed by atoms with Crippen LogP contribution in [0.1, 0.15) is 51.9 Å².